The van der Waals surface area contributed by atoms with Crippen LogP contribution in [0.4, 0.5) is 5.69 Å². The molecule has 0 saturated carbocycles. The molecule has 0 fully saturated rings. The van der Waals surface area contributed by atoms with Gasteiger partial charge < -0.3 is 11.1 Å². The summed E-state index contributed by atoms with van der Waals surface area (Å²) in [4.78, 5) is 12.6. The number of hydrogen-bond donors (Lipinski definition) is 2. The fourth-order valence-electron chi connectivity index (χ4n) is 1.54. The van der Waals surface area contributed by atoms with Gasteiger partial charge in [-0.3, -0.25) is 4.79 Å². The monoisotopic (exact) mass is 324 g/mol. The minimum atomic E-state index is -0.0591. The van der Waals surface area contributed by atoms with E-state index < -0.39 is 0 Å². The lowest BCUT2D eigenvalue weighted by atomic mass is 10.2. The van der Waals surface area contributed by atoms with E-state index in [0.717, 1.165) is 14.9 Å². The fourth-order valence-corrected chi connectivity index (χ4v) is 3.00. The zero-order valence-electron chi connectivity index (χ0n) is 9.87. The number of benzene rings is 1. The van der Waals surface area contributed by atoms with E-state index in [1.165, 1.54) is 11.3 Å². The summed E-state index contributed by atoms with van der Waals surface area (Å²) < 4.78 is 0.997. The van der Waals surface area contributed by atoms with Crippen LogP contribution >= 0.6 is 27.3 Å². The zero-order valence-corrected chi connectivity index (χ0v) is 12.3. The standard InChI is InChI=1S/C13H13BrN2OS/c1-8-5-11(18-12(8)14)13(17)16-7-9-3-2-4-10(15)6-9/h2-6H,7,15H2,1H3,(H,16,17). The van der Waals surface area contributed by atoms with Crippen molar-refractivity contribution in [2.24, 2.45) is 0 Å². The second kappa shape index (κ2) is 5.54. The van der Waals surface area contributed by atoms with Gasteiger partial charge in [0, 0.05) is 12.2 Å². The van der Waals surface area contributed by atoms with Crippen LogP contribution in [0.1, 0.15) is 20.8 Å². The fraction of sp³-hybridized carbons (Fsp3) is 0.154. The maximum absolute atomic E-state index is 11.9. The van der Waals surface area contributed by atoms with Crippen LogP contribution in [-0.4, -0.2) is 5.91 Å². The number of anilines is 1. The molecule has 0 aliphatic carbocycles. The van der Waals surface area contributed by atoms with Crippen molar-refractivity contribution in [1.82, 2.24) is 5.32 Å². The Morgan fingerprint density at radius 3 is 2.83 bits per heavy atom. The van der Waals surface area contributed by atoms with Crippen LogP contribution in [0.25, 0.3) is 0 Å². The number of carbonyl (C=O) groups is 1. The molecule has 0 aliphatic rings. The van der Waals surface area contributed by atoms with Crippen LogP contribution in [0.5, 0.6) is 0 Å². The Kier molecular flexibility index (Phi) is 4.04. The van der Waals surface area contributed by atoms with Gasteiger partial charge in [0.25, 0.3) is 5.91 Å². The third-order valence-corrected chi connectivity index (χ3v) is 4.62. The van der Waals surface area contributed by atoms with Crippen molar-refractivity contribution in [2.75, 3.05) is 5.73 Å². The van der Waals surface area contributed by atoms with Crippen LogP contribution in [-0.2, 0) is 6.54 Å². The summed E-state index contributed by atoms with van der Waals surface area (Å²) in [6.07, 6.45) is 0. The average Bonchev–Trinajstić information content (AvgIpc) is 2.67. The highest BCUT2D eigenvalue weighted by Crippen LogP contribution is 2.27. The highest BCUT2D eigenvalue weighted by atomic mass is 79.9. The SMILES string of the molecule is Cc1cc(C(=O)NCc2cccc(N)c2)sc1Br. The normalized spacial score (nSPS) is 10.3. The smallest absolute Gasteiger partial charge is 0.261 e. The molecule has 3 N–H and O–H groups in total. The summed E-state index contributed by atoms with van der Waals surface area (Å²) in [5.74, 6) is -0.0591. The summed E-state index contributed by atoms with van der Waals surface area (Å²) in [5, 5.41) is 2.88. The van der Waals surface area contributed by atoms with Gasteiger partial charge in [-0.15, -0.1) is 11.3 Å². The summed E-state index contributed by atoms with van der Waals surface area (Å²) in [5.41, 5.74) is 8.46. The third kappa shape index (κ3) is 3.11. The molecule has 1 heterocycles. The zero-order chi connectivity index (χ0) is 13.1. The highest BCUT2D eigenvalue weighted by Gasteiger charge is 2.10. The molecule has 18 heavy (non-hydrogen) atoms. The van der Waals surface area contributed by atoms with Crippen molar-refractivity contribution < 1.29 is 4.79 Å². The first-order valence-corrected chi connectivity index (χ1v) is 7.06. The number of thiophene rings is 1. The molecule has 1 amide bonds. The summed E-state index contributed by atoms with van der Waals surface area (Å²) in [6, 6.07) is 9.37. The minimum absolute atomic E-state index is 0.0591. The summed E-state index contributed by atoms with van der Waals surface area (Å²) in [6.45, 7) is 2.45. The largest absolute Gasteiger partial charge is 0.399 e. The molecule has 0 atom stereocenters. The Labute approximate surface area is 118 Å². The number of nitrogens with two attached hydrogens (primary N) is 1. The van der Waals surface area contributed by atoms with Gasteiger partial charge in [0.15, 0.2) is 0 Å². The Bertz CT molecular complexity index is 561. The Hall–Kier alpha value is -1.33. The maximum Gasteiger partial charge on any atom is 0.261 e. The van der Waals surface area contributed by atoms with E-state index in [4.69, 9.17) is 5.73 Å². The second-order valence-corrected chi connectivity index (χ2v) is 6.37. The van der Waals surface area contributed by atoms with Crippen LogP contribution in [0.2, 0.25) is 0 Å². The predicted octanol–water partition coefficient (Wildman–Crippen LogP) is 3.33. The lowest BCUT2D eigenvalue weighted by Gasteiger charge is -2.04. The van der Waals surface area contributed by atoms with E-state index in [1.54, 1.807) is 0 Å². The first-order chi connectivity index (χ1) is 8.56. The van der Waals surface area contributed by atoms with E-state index in [-0.39, 0.29) is 5.91 Å². The lowest BCUT2D eigenvalue weighted by Crippen LogP contribution is -2.21. The molecule has 3 nitrogen and oxygen atoms in total. The molecule has 5 heteroatoms. The number of nitrogens with one attached hydrogen (secondary N) is 1. The molecule has 2 rings (SSSR count). The Balaban J connectivity index is 2.00. The van der Waals surface area contributed by atoms with Gasteiger partial charge in [-0.25, -0.2) is 0 Å². The predicted molar refractivity (Wildman–Crippen MR) is 78.8 cm³/mol. The molecule has 0 unspecified atom stereocenters. The number of hydrogen-bond acceptors (Lipinski definition) is 3. The lowest BCUT2D eigenvalue weighted by molar-refractivity contribution is 0.0955. The van der Waals surface area contributed by atoms with Crippen molar-refractivity contribution in [3.8, 4) is 0 Å². The van der Waals surface area contributed by atoms with Crippen LogP contribution in [0.15, 0.2) is 34.1 Å². The molecule has 0 aliphatic heterocycles. The number of carbonyl (C=O) groups excluding carboxylic acids is 1. The molecule has 0 spiro atoms. The van der Waals surface area contributed by atoms with Gasteiger partial charge in [0.05, 0.1) is 8.66 Å². The van der Waals surface area contributed by atoms with Crippen LogP contribution < -0.4 is 11.1 Å². The molecule has 0 radical (unpaired) electrons. The molecular formula is C13H13BrN2OS. The van der Waals surface area contributed by atoms with Gasteiger partial charge in [0.2, 0.25) is 0 Å². The van der Waals surface area contributed by atoms with E-state index in [0.29, 0.717) is 17.1 Å². The summed E-state index contributed by atoms with van der Waals surface area (Å²) in [7, 11) is 0. The maximum atomic E-state index is 11.9. The molecule has 0 saturated heterocycles. The van der Waals surface area contributed by atoms with Crippen LogP contribution in [0.3, 0.4) is 0 Å². The quantitative estimate of drug-likeness (QED) is 0.851. The topological polar surface area (TPSA) is 55.1 Å². The molecule has 0 bridgehead atoms. The minimum Gasteiger partial charge on any atom is -0.399 e. The first kappa shape index (κ1) is 13.1. The number of aryl methyl sites for hydroxylation is 1. The van der Waals surface area contributed by atoms with Gasteiger partial charge in [0.1, 0.15) is 0 Å². The average molecular weight is 325 g/mol. The third-order valence-electron chi connectivity index (χ3n) is 2.49. The van der Waals surface area contributed by atoms with Crippen molar-refractivity contribution >= 4 is 38.9 Å². The number of nitrogen functional groups attached to an aromatic ring is 1. The van der Waals surface area contributed by atoms with Crippen LogP contribution in [0, 0.1) is 6.92 Å². The molecule has 1 aromatic heterocycles. The highest BCUT2D eigenvalue weighted by molar-refractivity contribution is 9.11. The number of amides is 1. The van der Waals surface area contributed by atoms with Gasteiger partial charge in [-0.05, 0) is 52.2 Å². The van der Waals surface area contributed by atoms with Gasteiger partial charge in [-0.2, -0.15) is 0 Å². The first-order valence-electron chi connectivity index (χ1n) is 5.45. The van der Waals surface area contributed by atoms with Crippen molar-refractivity contribution in [2.45, 2.75) is 13.5 Å². The van der Waals surface area contributed by atoms with E-state index in [1.807, 2.05) is 37.3 Å². The van der Waals surface area contributed by atoms with Crippen molar-refractivity contribution in [3.05, 3.63) is 50.1 Å². The van der Waals surface area contributed by atoms with Crippen molar-refractivity contribution in [1.29, 1.82) is 0 Å². The second-order valence-electron chi connectivity index (χ2n) is 4.00. The van der Waals surface area contributed by atoms with Gasteiger partial charge in [-0.1, -0.05) is 12.1 Å². The van der Waals surface area contributed by atoms with E-state index in [9.17, 15) is 4.79 Å². The summed E-state index contributed by atoms with van der Waals surface area (Å²) >= 11 is 4.85. The molecule has 94 valence electrons. The molecule has 2 aromatic rings. The van der Waals surface area contributed by atoms with E-state index in [2.05, 4.69) is 21.2 Å². The molecular weight excluding hydrogens is 312 g/mol. The number of halogens is 1. The Morgan fingerprint density at radius 2 is 2.22 bits per heavy atom. The molecule has 1 aromatic carbocycles. The van der Waals surface area contributed by atoms with E-state index >= 15 is 0 Å². The van der Waals surface area contributed by atoms with Gasteiger partial charge >= 0.3 is 0 Å². The number of rotatable bonds is 3. The Morgan fingerprint density at radius 1 is 1.44 bits per heavy atom. The van der Waals surface area contributed by atoms with Crippen molar-refractivity contribution in [3.63, 3.8) is 0 Å².